The number of aromatic nitrogens is 2. The second-order valence-corrected chi connectivity index (χ2v) is 3.79. The Kier molecular flexibility index (Phi) is 1.68. The lowest BCUT2D eigenvalue weighted by Crippen LogP contribution is -2.01. The number of pyridine rings is 1. The molecule has 3 nitrogen and oxygen atoms in total. The minimum absolute atomic E-state index is 0.219. The van der Waals surface area contributed by atoms with E-state index in [1.54, 1.807) is 12.3 Å². The van der Waals surface area contributed by atoms with E-state index >= 15 is 0 Å². The van der Waals surface area contributed by atoms with Crippen molar-refractivity contribution in [2.24, 2.45) is 7.05 Å². The van der Waals surface area contributed by atoms with Crippen molar-refractivity contribution in [1.29, 1.82) is 0 Å². The van der Waals surface area contributed by atoms with Gasteiger partial charge in [0.15, 0.2) is 0 Å². The summed E-state index contributed by atoms with van der Waals surface area (Å²) in [7, 11) is 1.85. The minimum atomic E-state index is -0.297. The lowest BCUT2D eigenvalue weighted by atomic mass is 10.2. The van der Waals surface area contributed by atoms with E-state index in [1.807, 2.05) is 17.7 Å². The van der Waals surface area contributed by atoms with Crippen molar-refractivity contribution in [3.05, 3.63) is 46.6 Å². The molecule has 0 fully saturated rings. The fourth-order valence-electron chi connectivity index (χ4n) is 2.13. The Morgan fingerprint density at radius 3 is 2.94 bits per heavy atom. The molecular weight excluding hydrogens is 207 g/mol. The molecule has 80 valence electrons. The molecule has 0 aliphatic heterocycles. The van der Waals surface area contributed by atoms with Crippen molar-refractivity contribution in [2.75, 3.05) is 0 Å². The van der Waals surface area contributed by atoms with Crippen molar-refractivity contribution in [3.63, 3.8) is 0 Å². The molecule has 0 bridgehead atoms. The summed E-state index contributed by atoms with van der Waals surface area (Å²) in [4.78, 5) is 13.9. The lowest BCUT2D eigenvalue weighted by Gasteiger charge is -1.96. The number of hydrogen-bond donors (Lipinski definition) is 1. The van der Waals surface area contributed by atoms with Gasteiger partial charge >= 0.3 is 0 Å². The summed E-state index contributed by atoms with van der Waals surface area (Å²) < 4.78 is 15.6. The molecule has 0 radical (unpaired) electrons. The van der Waals surface area contributed by atoms with Gasteiger partial charge in [0.1, 0.15) is 5.82 Å². The van der Waals surface area contributed by atoms with Gasteiger partial charge in [-0.2, -0.15) is 0 Å². The summed E-state index contributed by atoms with van der Waals surface area (Å²) in [6.45, 7) is 0. The van der Waals surface area contributed by atoms with E-state index < -0.39 is 0 Å². The van der Waals surface area contributed by atoms with Crippen LogP contribution in [0.15, 0.2) is 35.3 Å². The topological polar surface area (TPSA) is 37.8 Å². The molecule has 3 rings (SSSR count). The number of halogens is 1. The van der Waals surface area contributed by atoms with E-state index in [-0.39, 0.29) is 11.4 Å². The Morgan fingerprint density at radius 2 is 2.12 bits per heavy atom. The van der Waals surface area contributed by atoms with Crippen LogP contribution < -0.4 is 5.56 Å². The summed E-state index contributed by atoms with van der Waals surface area (Å²) in [6.07, 6.45) is 1.61. The van der Waals surface area contributed by atoms with Crippen LogP contribution >= 0.6 is 0 Å². The third kappa shape index (κ3) is 1.04. The zero-order chi connectivity index (χ0) is 11.3. The Hall–Kier alpha value is -2.10. The van der Waals surface area contributed by atoms with Crippen molar-refractivity contribution in [2.45, 2.75) is 0 Å². The zero-order valence-corrected chi connectivity index (χ0v) is 8.62. The highest BCUT2D eigenvalue weighted by Crippen LogP contribution is 2.28. The SMILES string of the molecule is Cn1c2c[nH]c(=O)cc2c2c(F)cccc21. The molecule has 4 heteroatoms. The van der Waals surface area contributed by atoms with Crippen molar-refractivity contribution < 1.29 is 4.39 Å². The van der Waals surface area contributed by atoms with E-state index in [1.165, 1.54) is 12.1 Å². The highest BCUT2D eigenvalue weighted by molar-refractivity contribution is 6.07. The first-order chi connectivity index (χ1) is 7.68. The second-order valence-electron chi connectivity index (χ2n) is 3.79. The lowest BCUT2D eigenvalue weighted by molar-refractivity contribution is 0.640. The quantitative estimate of drug-likeness (QED) is 0.614. The number of nitrogens with one attached hydrogen (secondary N) is 1. The van der Waals surface area contributed by atoms with E-state index in [9.17, 15) is 9.18 Å². The predicted octanol–water partition coefficient (Wildman–Crippen LogP) is 2.16. The molecule has 0 spiro atoms. The number of fused-ring (bicyclic) bond motifs is 3. The molecule has 0 aliphatic carbocycles. The molecule has 1 N–H and O–H groups in total. The fraction of sp³-hybridized carbons (Fsp3) is 0.0833. The van der Waals surface area contributed by atoms with Crippen LogP contribution in [0.25, 0.3) is 21.8 Å². The summed E-state index contributed by atoms with van der Waals surface area (Å²) in [6, 6.07) is 6.34. The summed E-state index contributed by atoms with van der Waals surface area (Å²) in [5.41, 5.74) is 1.39. The van der Waals surface area contributed by atoms with Gasteiger partial charge in [0.25, 0.3) is 0 Å². The zero-order valence-electron chi connectivity index (χ0n) is 8.62. The Balaban J connectivity index is 2.72. The van der Waals surface area contributed by atoms with Crippen molar-refractivity contribution in [1.82, 2.24) is 9.55 Å². The highest BCUT2D eigenvalue weighted by Gasteiger charge is 2.11. The van der Waals surface area contributed by atoms with E-state index in [0.29, 0.717) is 10.8 Å². The second kappa shape index (κ2) is 2.95. The van der Waals surface area contributed by atoms with Crippen molar-refractivity contribution >= 4 is 21.8 Å². The van der Waals surface area contributed by atoms with Gasteiger partial charge in [0.05, 0.1) is 11.0 Å². The predicted molar refractivity (Wildman–Crippen MR) is 61.0 cm³/mol. The fourth-order valence-corrected chi connectivity index (χ4v) is 2.13. The van der Waals surface area contributed by atoms with Gasteiger partial charge in [0, 0.05) is 30.1 Å². The first-order valence-electron chi connectivity index (χ1n) is 4.94. The van der Waals surface area contributed by atoms with Gasteiger partial charge in [-0.3, -0.25) is 4.79 Å². The Labute approximate surface area is 90.1 Å². The number of hydrogen-bond acceptors (Lipinski definition) is 1. The number of H-pyrrole nitrogens is 1. The molecule has 0 unspecified atom stereocenters. The van der Waals surface area contributed by atoms with Gasteiger partial charge in [-0.15, -0.1) is 0 Å². The smallest absolute Gasteiger partial charge is 0.248 e. The third-order valence-corrected chi connectivity index (χ3v) is 2.89. The van der Waals surface area contributed by atoms with Crippen LogP contribution in [0.3, 0.4) is 0 Å². The first kappa shape index (κ1) is 9.15. The molecule has 2 heterocycles. The number of benzene rings is 1. The largest absolute Gasteiger partial charge is 0.342 e. The summed E-state index contributed by atoms with van der Waals surface area (Å²) >= 11 is 0. The standard InChI is InChI=1S/C12H9FN2O/c1-15-9-4-2-3-8(13)12(9)7-5-11(16)14-6-10(7)15/h2-6H,1H3,(H,14,16). The normalized spacial score (nSPS) is 11.4. The molecule has 0 amide bonds. The van der Waals surface area contributed by atoms with Gasteiger partial charge in [0.2, 0.25) is 5.56 Å². The highest BCUT2D eigenvalue weighted by atomic mass is 19.1. The molecule has 0 saturated heterocycles. The maximum Gasteiger partial charge on any atom is 0.248 e. The average Bonchev–Trinajstić information content (AvgIpc) is 2.54. The maximum absolute atomic E-state index is 13.7. The molecule has 0 atom stereocenters. The van der Waals surface area contributed by atoms with Gasteiger partial charge < -0.3 is 9.55 Å². The molecule has 0 saturated carbocycles. The first-order valence-corrected chi connectivity index (χ1v) is 4.94. The van der Waals surface area contributed by atoms with Crippen LogP contribution in [0.5, 0.6) is 0 Å². The van der Waals surface area contributed by atoms with Gasteiger partial charge in [-0.1, -0.05) is 6.07 Å². The van der Waals surface area contributed by atoms with Crippen LogP contribution in [-0.2, 0) is 7.05 Å². The van der Waals surface area contributed by atoms with Crippen LogP contribution in [0.1, 0.15) is 0 Å². The van der Waals surface area contributed by atoms with Crippen LogP contribution in [0.4, 0.5) is 4.39 Å². The van der Waals surface area contributed by atoms with E-state index in [0.717, 1.165) is 11.0 Å². The molecule has 1 aromatic carbocycles. The summed E-state index contributed by atoms with van der Waals surface area (Å²) in [5, 5.41) is 1.16. The third-order valence-electron chi connectivity index (χ3n) is 2.89. The maximum atomic E-state index is 13.7. The van der Waals surface area contributed by atoms with E-state index in [4.69, 9.17) is 0 Å². The number of aromatic amines is 1. The van der Waals surface area contributed by atoms with Crippen LogP contribution in [0, 0.1) is 5.82 Å². The molecule has 2 aromatic heterocycles. The minimum Gasteiger partial charge on any atom is -0.342 e. The molecule has 3 aromatic rings. The van der Waals surface area contributed by atoms with Crippen LogP contribution in [-0.4, -0.2) is 9.55 Å². The van der Waals surface area contributed by atoms with Gasteiger partial charge in [-0.25, -0.2) is 4.39 Å². The average molecular weight is 216 g/mol. The molecule has 0 aliphatic rings. The summed E-state index contributed by atoms with van der Waals surface area (Å²) in [5.74, 6) is -0.297. The molecular formula is C12H9FN2O. The van der Waals surface area contributed by atoms with E-state index in [2.05, 4.69) is 4.98 Å². The number of aryl methyl sites for hydroxylation is 1. The van der Waals surface area contributed by atoms with Gasteiger partial charge in [-0.05, 0) is 12.1 Å². The number of nitrogens with zero attached hydrogens (tertiary/aromatic N) is 1. The monoisotopic (exact) mass is 216 g/mol. The van der Waals surface area contributed by atoms with Crippen LogP contribution in [0.2, 0.25) is 0 Å². The Morgan fingerprint density at radius 1 is 1.31 bits per heavy atom. The number of rotatable bonds is 0. The molecule has 16 heavy (non-hydrogen) atoms. The van der Waals surface area contributed by atoms with Crippen molar-refractivity contribution in [3.8, 4) is 0 Å². The Bertz CT molecular complexity index is 755.